The molecule has 1 aromatic heterocycles. The van der Waals surface area contributed by atoms with Gasteiger partial charge in [-0.3, -0.25) is 0 Å². The molecule has 2 aromatic rings. The molecule has 36 heavy (non-hydrogen) atoms. The van der Waals surface area contributed by atoms with E-state index in [9.17, 15) is 14.6 Å². The van der Waals surface area contributed by atoms with E-state index in [1.165, 1.54) is 25.7 Å². The first kappa shape index (κ1) is 24.9. The van der Waals surface area contributed by atoms with Crippen molar-refractivity contribution in [3.05, 3.63) is 29.3 Å². The van der Waals surface area contributed by atoms with Gasteiger partial charge in [-0.25, -0.2) is 9.37 Å². The van der Waals surface area contributed by atoms with Gasteiger partial charge in [0.15, 0.2) is 5.82 Å². The van der Waals surface area contributed by atoms with Gasteiger partial charge in [-0.2, -0.15) is 0 Å². The molecular weight excluding hydrogens is 451 g/mol. The molecule has 4 nitrogen and oxygen atoms in total. The quantitative estimate of drug-likeness (QED) is 0.448. The van der Waals surface area contributed by atoms with Crippen LogP contribution in [0.3, 0.4) is 0 Å². The maximum Gasteiger partial charge on any atom is 0.153 e. The number of nitrogens with one attached hydrogen (secondary N) is 1. The molecule has 0 bridgehead atoms. The molecule has 0 aliphatic heterocycles. The number of hydrogen-bond acceptors (Lipinski definition) is 3. The summed E-state index contributed by atoms with van der Waals surface area (Å²) >= 11 is 0. The van der Waals surface area contributed by atoms with E-state index < -0.39 is 0 Å². The molecule has 1 unspecified atom stereocenters. The van der Waals surface area contributed by atoms with Crippen LogP contribution >= 0.6 is 0 Å². The fourth-order valence-electron chi connectivity index (χ4n) is 10.1. The van der Waals surface area contributed by atoms with E-state index in [0.717, 1.165) is 49.9 Å². The Labute approximate surface area is 215 Å². The third-order valence-corrected chi connectivity index (χ3v) is 12.1. The Kier molecular flexibility index (Phi) is 6.07. The van der Waals surface area contributed by atoms with Crippen LogP contribution in [0, 0.1) is 59.1 Å². The van der Waals surface area contributed by atoms with Crippen molar-refractivity contribution < 1.29 is 14.6 Å². The number of aromatic amines is 1. The van der Waals surface area contributed by atoms with Crippen molar-refractivity contribution in [2.24, 2.45) is 46.3 Å². The summed E-state index contributed by atoms with van der Waals surface area (Å²) in [5, 5.41) is 21.8. The second-order valence-electron chi connectivity index (χ2n) is 13.7. The van der Waals surface area contributed by atoms with Crippen LogP contribution < -0.4 is 0 Å². The van der Waals surface area contributed by atoms with Crippen LogP contribution in [0.4, 0.5) is 4.39 Å². The normalized spacial score (nSPS) is 43.1. The predicted molar refractivity (Wildman–Crippen MR) is 141 cm³/mol. The standard InChI is InChI=1S/C31H45FN2O2/c1-17(6-10-26-33-24-9-5-18(2)28(32)29(24)34-26)21-7-8-22-27-23(12-14-31(21,22)4)30(3)13-11-20(35)15-19(30)16-25(27)36/h5,9,17,19-23,25,27,35-36H,6-8,10-16H2,1-4H3,(H,33,34)/t17?,19-,20+,21+,22-,23-,25+,27-,30-,31+/m0/s1. The number of aromatic nitrogens is 2. The number of imidazole rings is 1. The summed E-state index contributed by atoms with van der Waals surface area (Å²) in [6.45, 7) is 9.23. The number of hydrogen-bond donors (Lipinski definition) is 3. The monoisotopic (exact) mass is 496 g/mol. The van der Waals surface area contributed by atoms with E-state index in [-0.39, 0.29) is 28.9 Å². The van der Waals surface area contributed by atoms with Crippen LogP contribution in [0.2, 0.25) is 0 Å². The van der Waals surface area contributed by atoms with Gasteiger partial charge in [0, 0.05) is 6.42 Å². The first-order chi connectivity index (χ1) is 17.1. The lowest BCUT2D eigenvalue weighted by Crippen LogP contribution is -2.58. The lowest BCUT2D eigenvalue weighted by atomic mass is 9.43. The number of aliphatic hydroxyl groups is 2. The molecule has 0 amide bonds. The van der Waals surface area contributed by atoms with Crippen LogP contribution in [-0.4, -0.2) is 32.4 Å². The van der Waals surface area contributed by atoms with Gasteiger partial charge in [-0.15, -0.1) is 0 Å². The van der Waals surface area contributed by atoms with Crippen molar-refractivity contribution in [1.82, 2.24) is 9.97 Å². The van der Waals surface area contributed by atoms with Gasteiger partial charge >= 0.3 is 0 Å². The van der Waals surface area contributed by atoms with E-state index >= 15 is 0 Å². The SMILES string of the molecule is Cc1ccc2[nH]c(CCC(C)[C@H]3CC[C@H]4[C@@H]5[C@H](O)C[C@@H]6C[C@H](O)CC[C@]6(C)[C@H]5CC[C@]34C)nc2c1F. The van der Waals surface area contributed by atoms with Crippen LogP contribution in [0.25, 0.3) is 11.0 Å². The van der Waals surface area contributed by atoms with Gasteiger partial charge in [0.25, 0.3) is 0 Å². The van der Waals surface area contributed by atoms with Gasteiger partial charge in [0.05, 0.1) is 17.7 Å². The van der Waals surface area contributed by atoms with Crippen molar-refractivity contribution >= 4 is 11.0 Å². The predicted octanol–water partition coefficient (Wildman–Crippen LogP) is 6.57. The second kappa shape index (κ2) is 8.80. The van der Waals surface area contributed by atoms with Gasteiger partial charge in [0.1, 0.15) is 11.3 Å². The Morgan fingerprint density at radius 3 is 2.61 bits per heavy atom. The van der Waals surface area contributed by atoms with Crippen LogP contribution in [0.5, 0.6) is 0 Å². The highest BCUT2D eigenvalue weighted by Crippen LogP contribution is 2.68. The molecule has 1 aromatic carbocycles. The summed E-state index contributed by atoms with van der Waals surface area (Å²) in [6.07, 6.45) is 10.3. The lowest BCUT2D eigenvalue weighted by Gasteiger charge is -2.62. The molecule has 5 heteroatoms. The van der Waals surface area contributed by atoms with E-state index in [1.807, 2.05) is 12.1 Å². The van der Waals surface area contributed by atoms with Gasteiger partial charge in [0.2, 0.25) is 0 Å². The first-order valence-corrected chi connectivity index (χ1v) is 14.6. The van der Waals surface area contributed by atoms with Crippen LogP contribution in [0.1, 0.15) is 89.9 Å². The summed E-state index contributed by atoms with van der Waals surface area (Å²) in [6, 6.07) is 3.75. The van der Waals surface area contributed by atoms with Crippen molar-refractivity contribution in [3.8, 4) is 0 Å². The molecule has 4 aliphatic rings. The van der Waals surface area contributed by atoms with E-state index in [0.29, 0.717) is 46.6 Å². The summed E-state index contributed by atoms with van der Waals surface area (Å²) in [5.41, 5.74) is 2.47. The van der Waals surface area contributed by atoms with Crippen molar-refractivity contribution in [2.45, 2.75) is 104 Å². The average Bonchev–Trinajstić information content (AvgIpc) is 3.42. The fourth-order valence-corrected chi connectivity index (χ4v) is 10.1. The van der Waals surface area contributed by atoms with Crippen molar-refractivity contribution in [3.63, 3.8) is 0 Å². The largest absolute Gasteiger partial charge is 0.393 e. The van der Waals surface area contributed by atoms with E-state index in [4.69, 9.17) is 0 Å². The minimum atomic E-state index is -0.217. The number of nitrogens with zero attached hydrogens (tertiary/aromatic N) is 1. The molecule has 0 radical (unpaired) electrons. The highest BCUT2D eigenvalue weighted by Gasteiger charge is 2.62. The summed E-state index contributed by atoms with van der Waals surface area (Å²) < 4.78 is 14.5. The highest BCUT2D eigenvalue weighted by molar-refractivity contribution is 5.76. The maximum atomic E-state index is 14.5. The zero-order valence-corrected chi connectivity index (χ0v) is 22.6. The summed E-state index contributed by atoms with van der Waals surface area (Å²) in [5.74, 6) is 4.01. The molecule has 10 atom stereocenters. The zero-order chi connectivity index (χ0) is 25.4. The third kappa shape index (κ3) is 3.70. The summed E-state index contributed by atoms with van der Waals surface area (Å²) in [7, 11) is 0. The molecule has 1 heterocycles. The van der Waals surface area contributed by atoms with Crippen LogP contribution in [-0.2, 0) is 6.42 Å². The number of fused-ring (bicyclic) bond motifs is 6. The second-order valence-corrected chi connectivity index (χ2v) is 13.7. The molecular formula is C31H45FN2O2. The molecule has 198 valence electrons. The third-order valence-electron chi connectivity index (χ3n) is 12.1. The molecule has 4 fully saturated rings. The van der Waals surface area contributed by atoms with E-state index in [1.54, 1.807) is 6.92 Å². The Balaban J connectivity index is 1.17. The summed E-state index contributed by atoms with van der Waals surface area (Å²) in [4.78, 5) is 7.95. The lowest BCUT2D eigenvalue weighted by molar-refractivity contribution is -0.174. The molecule has 4 saturated carbocycles. The Bertz CT molecular complexity index is 1130. The van der Waals surface area contributed by atoms with Gasteiger partial charge in [-0.1, -0.05) is 26.8 Å². The number of benzene rings is 1. The fraction of sp³-hybridized carbons (Fsp3) is 0.774. The smallest absolute Gasteiger partial charge is 0.153 e. The Hall–Kier alpha value is -1.46. The average molecular weight is 497 g/mol. The maximum absolute atomic E-state index is 14.5. The number of halogens is 1. The molecule has 0 spiro atoms. The van der Waals surface area contributed by atoms with Gasteiger partial charge in [-0.05, 0) is 123 Å². The first-order valence-electron chi connectivity index (χ1n) is 14.6. The molecule has 0 saturated heterocycles. The number of H-pyrrole nitrogens is 1. The number of rotatable bonds is 4. The van der Waals surface area contributed by atoms with Gasteiger partial charge < -0.3 is 15.2 Å². The Morgan fingerprint density at radius 1 is 1.06 bits per heavy atom. The van der Waals surface area contributed by atoms with Crippen molar-refractivity contribution in [2.75, 3.05) is 0 Å². The Morgan fingerprint density at radius 2 is 1.81 bits per heavy atom. The van der Waals surface area contributed by atoms with E-state index in [2.05, 4.69) is 30.7 Å². The van der Waals surface area contributed by atoms with Crippen LogP contribution in [0.15, 0.2) is 12.1 Å². The number of aryl methyl sites for hydroxylation is 2. The number of aliphatic hydroxyl groups excluding tert-OH is 2. The highest BCUT2D eigenvalue weighted by atomic mass is 19.1. The topological polar surface area (TPSA) is 69.1 Å². The minimum absolute atomic E-state index is 0.176. The molecule has 3 N–H and O–H groups in total. The van der Waals surface area contributed by atoms with Crippen molar-refractivity contribution in [1.29, 1.82) is 0 Å². The minimum Gasteiger partial charge on any atom is -0.393 e. The zero-order valence-electron chi connectivity index (χ0n) is 22.6. The molecule has 6 rings (SSSR count). The molecule has 4 aliphatic carbocycles.